The van der Waals surface area contributed by atoms with E-state index >= 15 is 0 Å². The van der Waals surface area contributed by atoms with E-state index in [0.717, 1.165) is 5.56 Å². The fraction of sp³-hybridized carbons (Fsp3) is 0.0556. The maximum Gasteiger partial charge on any atom is 0.265 e. The molecule has 122 valence electrons. The van der Waals surface area contributed by atoms with Crippen molar-refractivity contribution < 1.29 is 18.3 Å². The van der Waals surface area contributed by atoms with Gasteiger partial charge in [-0.3, -0.25) is 4.79 Å². The van der Waals surface area contributed by atoms with Gasteiger partial charge in [0.15, 0.2) is 11.6 Å². The summed E-state index contributed by atoms with van der Waals surface area (Å²) in [6.45, 7) is 0.157. The fourth-order valence-electron chi connectivity index (χ4n) is 2.05. The van der Waals surface area contributed by atoms with Gasteiger partial charge in [0.2, 0.25) is 0 Å². The first kappa shape index (κ1) is 16.1. The van der Waals surface area contributed by atoms with Gasteiger partial charge in [0, 0.05) is 11.3 Å². The minimum atomic E-state index is -0.434. The summed E-state index contributed by atoms with van der Waals surface area (Å²) in [5, 5.41) is 4.39. The number of hydrogen-bond donors (Lipinski definition) is 1. The summed E-state index contributed by atoms with van der Waals surface area (Å²) in [4.78, 5) is 12.6. The molecule has 0 unspecified atom stereocenters. The first-order chi connectivity index (χ1) is 11.6. The number of hydrogen-bond acceptors (Lipinski definition) is 3. The summed E-state index contributed by atoms with van der Waals surface area (Å²) in [5.41, 5.74) is 1.14. The Kier molecular flexibility index (Phi) is 4.86. The molecule has 2 aromatic carbocycles. The van der Waals surface area contributed by atoms with Crippen LogP contribution >= 0.6 is 11.3 Å². The largest absolute Gasteiger partial charge is 0.486 e. The molecule has 1 N–H and O–H groups in total. The van der Waals surface area contributed by atoms with Gasteiger partial charge in [0.1, 0.15) is 12.4 Å². The van der Waals surface area contributed by atoms with Crippen molar-refractivity contribution in [3.63, 3.8) is 0 Å². The van der Waals surface area contributed by atoms with E-state index in [1.54, 1.807) is 35.7 Å². The van der Waals surface area contributed by atoms with Crippen LogP contribution in [0.25, 0.3) is 0 Å². The van der Waals surface area contributed by atoms with Crippen LogP contribution in [0.2, 0.25) is 0 Å². The number of rotatable bonds is 5. The van der Waals surface area contributed by atoms with Crippen LogP contribution < -0.4 is 10.1 Å². The Morgan fingerprint density at radius 2 is 1.92 bits per heavy atom. The molecule has 3 rings (SSSR count). The Hall–Kier alpha value is -2.73. The van der Waals surface area contributed by atoms with Gasteiger partial charge in [-0.2, -0.15) is 0 Å². The lowest BCUT2D eigenvalue weighted by Gasteiger charge is -2.05. The molecule has 1 heterocycles. The van der Waals surface area contributed by atoms with Crippen LogP contribution in [0.15, 0.2) is 60.0 Å². The van der Waals surface area contributed by atoms with Crippen LogP contribution in [0.1, 0.15) is 15.2 Å². The third-order valence-corrected chi connectivity index (χ3v) is 4.17. The van der Waals surface area contributed by atoms with E-state index in [1.807, 2.05) is 0 Å². The number of carbonyl (C=O) groups is 1. The highest BCUT2D eigenvalue weighted by Gasteiger charge is 2.11. The second kappa shape index (κ2) is 7.23. The number of ether oxygens (including phenoxy) is 1. The molecule has 0 aliphatic carbocycles. The van der Waals surface area contributed by atoms with Crippen molar-refractivity contribution >= 4 is 22.9 Å². The van der Waals surface area contributed by atoms with Crippen molar-refractivity contribution in [3.8, 4) is 5.75 Å². The summed E-state index contributed by atoms with van der Waals surface area (Å²) in [5.74, 6) is -1.02. The van der Waals surface area contributed by atoms with Crippen molar-refractivity contribution in [2.45, 2.75) is 6.61 Å². The normalized spacial score (nSPS) is 10.4. The number of halogens is 2. The maximum absolute atomic E-state index is 13.5. The highest BCUT2D eigenvalue weighted by Crippen LogP contribution is 2.21. The quantitative estimate of drug-likeness (QED) is 0.717. The number of benzene rings is 2. The summed E-state index contributed by atoms with van der Waals surface area (Å²) in [7, 11) is 0. The van der Waals surface area contributed by atoms with E-state index in [9.17, 15) is 13.6 Å². The zero-order valence-corrected chi connectivity index (χ0v) is 13.3. The van der Waals surface area contributed by atoms with Gasteiger partial charge in [-0.1, -0.05) is 18.2 Å². The van der Waals surface area contributed by atoms with Crippen molar-refractivity contribution in [1.82, 2.24) is 0 Å². The van der Waals surface area contributed by atoms with Crippen LogP contribution in [-0.4, -0.2) is 5.91 Å². The minimum Gasteiger partial charge on any atom is -0.486 e. The second-order valence-corrected chi connectivity index (χ2v) is 5.91. The number of amides is 1. The van der Waals surface area contributed by atoms with E-state index in [-0.39, 0.29) is 18.3 Å². The van der Waals surface area contributed by atoms with Gasteiger partial charge < -0.3 is 10.1 Å². The van der Waals surface area contributed by atoms with Crippen LogP contribution in [0.3, 0.4) is 0 Å². The summed E-state index contributed by atoms with van der Waals surface area (Å²) in [6.07, 6.45) is 0. The molecule has 0 aliphatic heterocycles. The standard InChI is InChI=1S/C18H13F2NO2S/c19-13-4-3-5-14(9-13)21-18(22)17-8-12(11-24-17)10-23-16-7-2-1-6-15(16)20/h1-9,11H,10H2,(H,21,22). The SMILES string of the molecule is O=C(Nc1cccc(F)c1)c1cc(COc2ccccc2F)cs1. The first-order valence-electron chi connectivity index (χ1n) is 7.13. The number of thiophene rings is 1. The Morgan fingerprint density at radius 1 is 1.08 bits per heavy atom. The Balaban J connectivity index is 1.62. The van der Waals surface area contributed by atoms with Crippen molar-refractivity contribution in [1.29, 1.82) is 0 Å². The predicted molar refractivity (Wildman–Crippen MR) is 89.4 cm³/mol. The van der Waals surface area contributed by atoms with Crippen LogP contribution in [0.4, 0.5) is 14.5 Å². The monoisotopic (exact) mass is 345 g/mol. The summed E-state index contributed by atoms with van der Waals surface area (Å²) < 4.78 is 32.0. The smallest absolute Gasteiger partial charge is 0.265 e. The van der Waals surface area contributed by atoms with E-state index in [4.69, 9.17) is 4.74 Å². The van der Waals surface area contributed by atoms with Gasteiger partial charge in [0.25, 0.3) is 5.91 Å². The third-order valence-electron chi connectivity index (χ3n) is 3.19. The lowest BCUT2D eigenvalue weighted by Crippen LogP contribution is -2.10. The molecule has 24 heavy (non-hydrogen) atoms. The van der Waals surface area contributed by atoms with Gasteiger partial charge in [0.05, 0.1) is 4.88 Å². The highest BCUT2D eigenvalue weighted by atomic mass is 32.1. The number of para-hydroxylation sites is 1. The van der Waals surface area contributed by atoms with Crippen LogP contribution in [0, 0.1) is 11.6 Å². The van der Waals surface area contributed by atoms with Crippen LogP contribution in [0.5, 0.6) is 5.75 Å². The lowest BCUT2D eigenvalue weighted by molar-refractivity contribution is 0.103. The molecule has 3 nitrogen and oxygen atoms in total. The molecule has 0 radical (unpaired) electrons. The predicted octanol–water partition coefficient (Wildman–Crippen LogP) is 4.86. The van der Waals surface area contributed by atoms with Gasteiger partial charge in [-0.05, 0) is 41.8 Å². The molecule has 0 aliphatic rings. The molecule has 0 bridgehead atoms. The molecule has 0 fully saturated rings. The second-order valence-electron chi connectivity index (χ2n) is 5.00. The zero-order valence-electron chi connectivity index (χ0n) is 12.5. The fourth-order valence-corrected chi connectivity index (χ4v) is 2.84. The van der Waals surface area contributed by atoms with Gasteiger partial charge >= 0.3 is 0 Å². The third kappa shape index (κ3) is 3.97. The van der Waals surface area contributed by atoms with Crippen molar-refractivity contribution in [3.05, 3.63) is 82.1 Å². The molecule has 0 spiro atoms. The molecule has 0 saturated heterocycles. The summed E-state index contributed by atoms with van der Waals surface area (Å²) in [6, 6.07) is 13.5. The average Bonchev–Trinajstić information content (AvgIpc) is 3.03. The van der Waals surface area contributed by atoms with E-state index < -0.39 is 11.6 Å². The number of nitrogens with one attached hydrogen (secondary N) is 1. The molecular formula is C18H13F2NO2S. The molecule has 6 heteroatoms. The molecular weight excluding hydrogens is 332 g/mol. The van der Waals surface area contributed by atoms with E-state index in [1.165, 1.54) is 35.6 Å². The summed E-state index contributed by atoms with van der Waals surface area (Å²) >= 11 is 1.24. The Bertz CT molecular complexity index is 863. The topological polar surface area (TPSA) is 38.3 Å². The first-order valence-corrected chi connectivity index (χ1v) is 8.01. The van der Waals surface area contributed by atoms with Crippen molar-refractivity contribution in [2.24, 2.45) is 0 Å². The van der Waals surface area contributed by atoms with Gasteiger partial charge in [-0.15, -0.1) is 11.3 Å². The Labute approximate surface area is 141 Å². The van der Waals surface area contributed by atoms with E-state index in [0.29, 0.717) is 10.6 Å². The van der Waals surface area contributed by atoms with E-state index in [2.05, 4.69) is 5.32 Å². The molecule has 1 amide bonds. The minimum absolute atomic E-state index is 0.157. The highest BCUT2D eigenvalue weighted by molar-refractivity contribution is 7.12. The lowest BCUT2D eigenvalue weighted by atomic mass is 10.3. The van der Waals surface area contributed by atoms with Crippen molar-refractivity contribution in [2.75, 3.05) is 5.32 Å². The number of carbonyl (C=O) groups excluding carboxylic acids is 1. The maximum atomic E-state index is 13.5. The average molecular weight is 345 g/mol. The molecule has 0 saturated carbocycles. The Morgan fingerprint density at radius 3 is 2.71 bits per heavy atom. The number of anilines is 1. The van der Waals surface area contributed by atoms with Gasteiger partial charge in [-0.25, -0.2) is 8.78 Å². The zero-order chi connectivity index (χ0) is 16.9. The van der Waals surface area contributed by atoms with Crippen LogP contribution in [-0.2, 0) is 6.61 Å². The molecule has 3 aromatic rings. The molecule has 0 atom stereocenters. The molecule has 1 aromatic heterocycles.